The van der Waals surface area contributed by atoms with Crippen LogP contribution in [0, 0.1) is 0 Å². The molecule has 5 N–H and O–H groups in total. The van der Waals surface area contributed by atoms with E-state index in [4.69, 9.17) is 20.1 Å². The summed E-state index contributed by atoms with van der Waals surface area (Å²) in [5.41, 5.74) is 0.538. The van der Waals surface area contributed by atoms with Crippen molar-refractivity contribution in [3.63, 3.8) is 0 Å². The highest BCUT2D eigenvalue weighted by molar-refractivity contribution is 9.10. The SMILES string of the molecule is NS(=O)(=O)c1ccc(Nc2ncc(Br)c(OC(CO)CO)n2)cc1. The molecule has 0 aliphatic carbocycles. The number of aliphatic hydroxyl groups excluding tert-OH is 2. The molecule has 9 nitrogen and oxygen atoms in total. The van der Waals surface area contributed by atoms with Gasteiger partial charge in [-0.3, -0.25) is 0 Å². The Morgan fingerprint density at radius 3 is 2.42 bits per heavy atom. The Labute approximate surface area is 146 Å². The van der Waals surface area contributed by atoms with E-state index in [0.717, 1.165) is 0 Å². The number of hydrogen-bond donors (Lipinski definition) is 4. The molecule has 0 bridgehead atoms. The summed E-state index contributed by atoms with van der Waals surface area (Å²) in [7, 11) is -3.76. The van der Waals surface area contributed by atoms with E-state index in [1.54, 1.807) is 0 Å². The van der Waals surface area contributed by atoms with Crippen LogP contribution in [0.2, 0.25) is 0 Å². The maximum atomic E-state index is 11.2. The van der Waals surface area contributed by atoms with E-state index in [9.17, 15) is 8.42 Å². The van der Waals surface area contributed by atoms with E-state index in [0.29, 0.717) is 10.2 Å². The zero-order chi connectivity index (χ0) is 17.7. The summed E-state index contributed by atoms with van der Waals surface area (Å²) >= 11 is 3.21. The molecular formula is C13H15BrN4O5S. The molecule has 24 heavy (non-hydrogen) atoms. The number of aromatic nitrogens is 2. The van der Waals surface area contributed by atoms with Crippen molar-refractivity contribution < 1.29 is 23.4 Å². The van der Waals surface area contributed by atoms with Crippen LogP contribution in [-0.4, -0.2) is 47.9 Å². The number of nitrogens with two attached hydrogens (primary N) is 1. The summed E-state index contributed by atoms with van der Waals surface area (Å²) in [5.74, 6) is 0.327. The Bertz CT molecular complexity index is 797. The number of ether oxygens (including phenoxy) is 1. The molecule has 2 rings (SSSR count). The van der Waals surface area contributed by atoms with Crippen LogP contribution in [0.25, 0.3) is 0 Å². The van der Waals surface area contributed by atoms with Crippen LogP contribution >= 0.6 is 15.9 Å². The standard InChI is InChI=1S/C13H15BrN4O5S/c14-11-5-16-13(18-12(11)23-9(6-19)7-20)17-8-1-3-10(4-2-8)24(15,21)22/h1-5,9,19-20H,6-7H2,(H2,15,21,22)(H,16,17,18). The molecule has 0 spiro atoms. The molecule has 2 aromatic rings. The highest BCUT2D eigenvalue weighted by Crippen LogP contribution is 2.25. The van der Waals surface area contributed by atoms with E-state index in [1.165, 1.54) is 30.5 Å². The van der Waals surface area contributed by atoms with Gasteiger partial charge in [0.1, 0.15) is 6.10 Å². The Kier molecular flexibility index (Phi) is 6.07. The second kappa shape index (κ2) is 7.85. The summed E-state index contributed by atoms with van der Waals surface area (Å²) in [4.78, 5) is 8.15. The number of anilines is 2. The summed E-state index contributed by atoms with van der Waals surface area (Å²) in [6, 6.07) is 5.72. The number of halogens is 1. The molecule has 1 aromatic heterocycles. The molecule has 0 unspecified atom stereocenters. The number of nitrogens with one attached hydrogen (secondary N) is 1. The number of rotatable bonds is 7. The second-order valence-corrected chi connectivity index (χ2v) is 7.06. The normalized spacial score (nSPS) is 11.5. The highest BCUT2D eigenvalue weighted by atomic mass is 79.9. The van der Waals surface area contributed by atoms with Crippen LogP contribution in [0.3, 0.4) is 0 Å². The van der Waals surface area contributed by atoms with Gasteiger partial charge in [-0.25, -0.2) is 18.5 Å². The number of hydrogen-bond acceptors (Lipinski definition) is 8. The van der Waals surface area contributed by atoms with E-state index in [2.05, 4.69) is 31.2 Å². The van der Waals surface area contributed by atoms with Gasteiger partial charge in [-0.15, -0.1) is 0 Å². The predicted octanol–water partition coefficient (Wildman–Crippen LogP) is 0.362. The quantitative estimate of drug-likeness (QED) is 0.503. The Balaban J connectivity index is 2.18. The molecule has 0 aliphatic rings. The van der Waals surface area contributed by atoms with Crippen molar-refractivity contribution in [2.75, 3.05) is 18.5 Å². The maximum Gasteiger partial charge on any atom is 0.238 e. The van der Waals surface area contributed by atoms with E-state index >= 15 is 0 Å². The molecule has 1 heterocycles. The van der Waals surface area contributed by atoms with Crippen molar-refractivity contribution >= 4 is 37.6 Å². The van der Waals surface area contributed by atoms with Crippen LogP contribution in [0.4, 0.5) is 11.6 Å². The average Bonchev–Trinajstić information content (AvgIpc) is 2.55. The van der Waals surface area contributed by atoms with Gasteiger partial charge >= 0.3 is 0 Å². The van der Waals surface area contributed by atoms with Gasteiger partial charge in [0.2, 0.25) is 21.9 Å². The van der Waals surface area contributed by atoms with Gasteiger partial charge < -0.3 is 20.3 Å². The third-order valence-corrected chi connectivity index (χ3v) is 4.31. The third kappa shape index (κ3) is 4.85. The second-order valence-electron chi connectivity index (χ2n) is 4.65. The van der Waals surface area contributed by atoms with Crippen molar-refractivity contribution in [1.82, 2.24) is 9.97 Å². The van der Waals surface area contributed by atoms with Gasteiger partial charge in [0.15, 0.2) is 0 Å². The zero-order valence-corrected chi connectivity index (χ0v) is 14.7. The molecule has 130 valence electrons. The first kappa shape index (κ1) is 18.5. The molecule has 0 radical (unpaired) electrons. The van der Waals surface area contributed by atoms with Crippen LogP contribution in [-0.2, 0) is 10.0 Å². The highest BCUT2D eigenvalue weighted by Gasteiger charge is 2.13. The van der Waals surface area contributed by atoms with Gasteiger partial charge in [-0.05, 0) is 40.2 Å². The summed E-state index contributed by atoms with van der Waals surface area (Å²) in [6.07, 6.45) is 0.632. The van der Waals surface area contributed by atoms with E-state index in [-0.39, 0.29) is 29.9 Å². The van der Waals surface area contributed by atoms with Crippen LogP contribution in [0.1, 0.15) is 0 Å². The number of primary sulfonamides is 1. The monoisotopic (exact) mass is 418 g/mol. The van der Waals surface area contributed by atoms with Gasteiger partial charge in [0.05, 0.1) is 28.8 Å². The molecule has 0 fully saturated rings. The number of benzene rings is 1. The van der Waals surface area contributed by atoms with Crippen LogP contribution in [0.5, 0.6) is 5.88 Å². The lowest BCUT2D eigenvalue weighted by atomic mass is 10.3. The fourth-order valence-electron chi connectivity index (χ4n) is 1.64. The predicted molar refractivity (Wildman–Crippen MR) is 89.4 cm³/mol. The van der Waals surface area contributed by atoms with E-state index < -0.39 is 16.1 Å². The van der Waals surface area contributed by atoms with E-state index in [1.807, 2.05) is 0 Å². The Morgan fingerprint density at radius 2 is 1.88 bits per heavy atom. The molecule has 0 atom stereocenters. The van der Waals surface area contributed by atoms with Gasteiger partial charge in [0.25, 0.3) is 0 Å². The molecule has 0 saturated carbocycles. The van der Waals surface area contributed by atoms with Crippen molar-refractivity contribution in [3.8, 4) is 5.88 Å². The molecule has 0 amide bonds. The van der Waals surface area contributed by atoms with Gasteiger partial charge in [0, 0.05) is 5.69 Å². The fourth-order valence-corrected chi connectivity index (χ4v) is 2.44. The lowest BCUT2D eigenvalue weighted by Gasteiger charge is -2.15. The smallest absolute Gasteiger partial charge is 0.238 e. The van der Waals surface area contributed by atoms with Crippen molar-refractivity contribution in [1.29, 1.82) is 0 Å². The lowest BCUT2D eigenvalue weighted by molar-refractivity contribution is 0.0591. The first-order valence-electron chi connectivity index (χ1n) is 6.64. The van der Waals surface area contributed by atoms with Crippen molar-refractivity contribution in [2.24, 2.45) is 5.14 Å². The fraction of sp³-hybridized carbons (Fsp3) is 0.231. The lowest BCUT2D eigenvalue weighted by Crippen LogP contribution is -2.26. The summed E-state index contributed by atoms with van der Waals surface area (Å²) < 4.78 is 28.2. The number of nitrogens with zero attached hydrogens (tertiary/aromatic N) is 2. The minimum atomic E-state index is -3.76. The Hall–Kier alpha value is -1.79. The minimum Gasteiger partial charge on any atom is -0.469 e. The zero-order valence-electron chi connectivity index (χ0n) is 12.3. The number of sulfonamides is 1. The molecule has 0 aliphatic heterocycles. The molecule has 11 heteroatoms. The molecular weight excluding hydrogens is 404 g/mol. The van der Waals surface area contributed by atoms with Gasteiger partial charge in [-0.1, -0.05) is 0 Å². The average molecular weight is 419 g/mol. The summed E-state index contributed by atoms with van der Waals surface area (Å²) in [5, 5.41) is 26.0. The Morgan fingerprint density at radius 1 is 1.25 bits per heavy atom. The largest absolute Gasteiger partial charge is 0.469 e. The number of aliphatic hydroxyl groups is 2. The maximum absolute atomic E-state index is 11.2. The molecule has 1 aromatic carbocycles. The van der Waals surface area contributed by atoms with Crippen LogP contribution in [0.15, 0.2) is 39.8 Å². The first-order valence-corrected chi connectivity index (χ1v) is 8.98. The third-order valence-electron chi connectivity index (χ3n) is 2.84. The van der Waals surface area contributed by atoms with Gasteiger partial charge in [-0.2, -0.15) is 4.98 Å². The topological polar surface area (TPSA) is 148 Å². The first-order chi connectivity index (χ1) is 11.3. The van der Waals surface area contributed by atoms with Crippen LogP contribution < -0.4 is 15.2 Å². The molecule has 0 saturated heterocycles. The van der Waals surface area contributed by atoms with Crippen molar-refractivity contribution in [3.05, 3.63) is 34.9 Å². The minimum absolute atomic E-state index is 0.0115. The van der Waals surface area contributed by atoms with Crippen molar-refractivity contribution in [2.45, 2.75) is 11.0 Å². The summed E-state index contributed by atoms with van der Waals surface area (Å²) in [6.45, 7) is -0.741.